The van der Waals surface area contributed by atoms with Gasteiger partial charge < -0.3 is 24.6 Å². The molecule has 0 aliphatic carbocycles. The van der Waals surface area contributed by atoms with Gasteiger partial charge in [0.2, 0.25) is 0 Å². The minimum absolute atomic E-state index is 0.0380. The molecule has 2 aliphatic rings. The molecule has 0 saturated carbocycles. The minimum Gasteiger partial charge on any atom is -0.490 e. The summed E-state index contributed by atoms with van der Waals surface area (Å²) in [6.45, 7) is 3.13. The third kappa shape index (κ3) is 5.95. The number of aliphatic hydroxyl groups is 2. The van der Waals surface area contributed by atoms with Crippen molar-refractivity contribution >= 4 is 5.69 Å². The SMILES string of the molecule is OC1(CN2CCOC[C@](O)(COc3cccc(F)c3)C2)CCN(c2ccc(F)cc2)CC1. The fraction of sp³-hybridized carbons (Fsp3) is 0.500. The zero-order valence-corrected chi connectivity index (χ0v) is 18.1. The zero-order valence-electron chi connectivity index (χ0n) is 18.1. The van der Waals surface area contributed by atoms with E-state index in [4.69, 9.17) is 9.47 Å². The first kappa shape index (κ1) is 22.9. The number of hydrogen-bond donors (Lipinski definition) is 2. The molecule has 4 rings (SSSR count). The molecule has 0 radical (unpaired) electrons. The van der Waals surface area contributed by atoms with Crippen LogP contribution in [0.25, 0.3) is 0 Å². The summed E-state index contributed by atoms with van der Waals surface area (Å²) < 4.78 is 37.8. The largest absolute Gasteiger partial charge is 0.490 e. The molecule has 0 amide bonds. The molecular formula is C24H30F2N2O4. The van der Waals surface area contributed by atoms with Crippen molar-refractivity contribution in [2.45, 2.75) is 24.0 Å². The van der Waals surface area contributed by atoms with E-state index >= 15 is 0 Å². The Morgan fingerprint density at radius 3 is 2.41 bits per heavy atom. The number of nitrogens with zero attached hydrogens (tertiary/aromatic N) is 2. The fourth-order valence-electron chi connectivity index (χ4n) is 4.40. The van der Waals surface area contributed by atoms with Gasteiger partial charge in [0.15, 0.2) is 0 Å². The van der Waals surface area contributed by atoms with Gasteiger partial charge in [0.1, 0.15) is 29.6 Å². The van der Waals surface area contributed by atoms with Gasteiger partial charge in [-0.05, 0) is 49.2 Å². The molecule has 174 valence electrons. The van der Waals surface area contributed by atoms with Crippen molar-refractivity contribution < 1.29 is 28.5 Å². The molecule has 0 bridgehead atoms. The van der Waals surface area contributed by atoms with Crippen LogP contribution in [-0.2, 0) is 4.74 Å². The lowest BCUT2D eigenvalue weighted by molar-refractivity contribution is -0.0742. The lowest BCUT2D eigenvalue weighted by Crippen LogP contribution is -2.55. The molecule has 2 heterocycles. The maximum atomic E-state index is 13.4. The second-order valence-corrected chi connectivity index (χ2v) is 8.92. The Morgan fingerprint density at radius 1 is 0.938 bits per heavy atom. The van der Waals surface area contributed by atoms with Gasteiger partial charge in [0.05, 0.1) is 18.8 Å². The predicted molar refractivity (Wildman–Crippen MR) is 117 cm³/mol. The highest BCUT2D eigenvalue weighted by atomic mass is 19.1. The summed E-state index contributed by atoms with van der Waals surface area (Å²) in [6, 6.07) is 12.2. The third-order valence-corrected chi connectivity index (χ3v) is 6.15. The monoisotopic (exact) mass is 448 g/mol. The predicted octanol–water partition coefficient (Wildman–Crippen LogP) is 2.44. The fourth-order valence-corrected chi connectivity index (χ4v) is 4.40. The van der Waals surface area contributed by atoms with Crippen LogP contribution in [0.1, 0.15) is 12.8 Å². The molecule has 0 spiro atoms. The Bertz CT molecular complexity index is 890. The highest BCUT2D eigenvalue weighted by Gasteiger charge is 2.39. The van der Waals surface area contributed by atoms with Crippen LogP contribution in [0.4, 0.5) is 14.5 Å². The summed E-state index contributed by atoms with van der Waals surface area (Å²) in [7, 11) is 0. The second-order valence-electron chi connectivity index (χ2n) is 8.92. The van der Waals surface area contributed by atoms with E-state index in [0.717, 1.165) is 5.69 Å². The van der Waals surface area contributed by atoms with Crippen LogP contribution >= 0.6 is 0 Å². The summed E-state index contributed by atoms with van der Waals surface area (Å²) in [5.41, 5.74) is -1.21. The van der Waals surface area contributed by atoms with E-state index in [1.165, 1.54) is 24.3 Å². The number of hydrogen-bond acceptors (Lipinski definition) is 6. The maximum Gasteiger partial charge on any atom is 0.134 e. The van der Waals surface area contributed by atoms with Gasteiger partial charge in [-0.25, -0.2) is 8.78 Å². The van der Waals surface area contributed by atoms with Crippen LogP contribution in [0.5, 0.6) is 5.75 Å². The van der Waals surface area contributed by atoms with Crippen molar-refractivity contribution in [1.29, 1.82) is 0 Å². The number of ether oxygens (including phenoxy) is 2. The Balaban J connectivity index is 1.33. The first-order valence-electron chi connectivity index (χ1n) is 11.0. The van der Waals surface area contributed by atoms with E-state index in [1.807, 2.05) is 4.90 Å². The van der Waals surface area contributed by atoms with Crippen LogP contribution in [-0.4, -0.2) is 78.9 Å². The van der Waals surface area contributed by atoms with Crippen LogP contribution < -0.4 is 9.64 Å². The lowest BCUT2D eigenvalue weighted by Gasteiger charge is -2.42. The van der Waals surface area contributed by atoms with E-state index in [1.54, 1.807) is 24.3 Å². The number of benzene rings is 2. The van der Waals surface area contributed by atoms with Gasteiger partial charge in [0, 0.05) is 44.5 Å². The average molecular weight is 449 g/mol. The summed E-state index contributed by atoms with van der Waals surface area (Å²) in [5, 5.41) is 22.3. The minimum atomic E-state index is -1.27. The molecule has 2 N–H and O–H groups in total. The summed E-state index contributed by atoms with van der Waals surface area (Å²) in [6.07, 6.45) is 1.14. The number of piperidine rings is 1. The zero-order chi connectivity index (χ0) is 22.6. The molecule has 32 heavy (non-hydrogen) atoms. The van der Waals surface area contributed by atoms with Crippen molar-refractivity contribution in [1.82, 2.24) is 4.90 Å². The molecule has 2 aromatic rings. The molecule has 8 heteroatoms. The summed E-state index contributed by atoms with van der Waals surface area (Å²) >= 11 is 0. The summed E-state index contributed by atoms with van der Waals surface area (Å²) in [5.74, 6) is -0.317. The van der Waals surface area contributed by atoms with Crippen LogP contribution in [0.3, 0.4) is 0 Å². The molecule has 0 unspecified atom stereocenters. The van der Waals surface area contributed by atoms with Crippen molar-refractivity contribution in [2.24, 2.45) is 0 Å². The molecule has 2 fully saturated rings. The molecule has 0 aromatic heterocycles. The van der Waals surface area contributed by atoms with E-state index in [0.29, 0.717) is 51.4 Å². The average Bonchev–Trinajstić information content (AvgIpc) is 2.95. The number of β-amino-alcohol motifs (C(OH)–C–C–N with tert-alkyl or cyclic N) is 2. The molecule has 6 nitrogen and oxygen atoms in total. The smallest absolute Gasteiger partial charge is 0.134 e. The van der Waals surface area contributed by atoms with E-state index in [2.05, 4.69) is 4.90 Å². The normalized spacial score (nSPS) is 24.2. The quantitative estimate of drug-likeness (QED) is 0.708. The van der Waals surface area contributed by atoms with Gasteiger partial charge >= 0.3 is 0 Å². The van der Waals surface area contributed by atoms with Crippen LogP contribution in [0.2, 0.25) is 0 Å². The highest BCUT2D eigenvalue weighted by molar-refractivity contribution is 5.46. The van der Waals surface area contributed by atoms with Gasteiger partial charge in [-0.3, -0.25) is 4.90 Å². The van der Waals surface area contributed by atoms with Gasteiger partial charge in [-0.15, -0.1) is 0 Å². The van der Waals surface area contributed by atoms with Gasteiger partial charge in [-0.2, -0.15) is 0 Å². The topological polar surface area (TPSA) is 65.4 Å². The van der Waals surface area contributed by atoms with Crippen LogP contribution in [0.15, 0.2) is 48.5 Å². The Kier molecular flexibility index (Phi) is 6.95. The molecular weight excluding hydrogens is 418 g/mol. The Hall–Kier alpha value is -2.26. The van der Waals surface area contributed by atoms with Crippen molar-refractivity contribution in [3.8, 4) is 5.75 Å². The van der Waals surface area contributed by atoms with E-state index < -0.39 is 17.0 Å². The number of rotatable bonds is 6. The molecule has 2 aliphatic heterocycles. The Labute approximate surface area is 187 Å². The highest BCUT2D eigenvalue weighted by Crippen LogP contribution is 2.28. The molecule has 1 atom stereocenters. The Morgan fingerprint density at radius 2 is 1.69 bits per heavy atom. The van der Waals surface area contributed by atoms with Gasteiger partial charge in [0.25, 0.3) is 0 Å². The van der Waals surface area contributed by atoms with Gasteiger partial charge in [-0.1, -0.05) is 6.07 Å². The van der Waals surface area contributed by atoms with Crippen molar-refractivity contribution in [2.75, 3.05) is 57.4 Å². The van der Waals surface area contributed by atoms with Crippen molar-refractivity contribution in [3.05, 3.63) is 60.2 Å². The lowest BCUT2D eigenvalue weighted by atomic mass is 9.90. The molecule has 2 saturated heterocycles. The standard InChI is InChI=1S/C24H30F2N2O4/c25-19-4-6-21(7-5-19)28-10-8-23(29,9-11-28)15-27-12-13-31-17-24(30,16-27)18-32-22-3-1-2-20(26)14-22/h1-7,14,29-30H,8-13,15-18H2/t24-/m0/s1. The van der Waals surface area contributed by atoms with Crippen LogP contribution in [0, 0.1) is 11.6 Å². The molecule has 2 aromatic carbocycles. The first-order valence-corrected chi connectivity index (χ1v) is 11.0. The number of anilines is 1. The maximum absolute atomic E-state index is 13.4. The summed E-state index contributed by atoms with van der Waals surface area (Å²) in [4.78, 5) is 4.15. The van der Waals surface area contributed by atoms with Crippen molar-refractivity contribution in [3.63, 3.8) is 0 Å². The second kappa shape index (κ2) is 9.70. The first-order chi connectivity index (χ1) is 15.3. The third-order valence-electron chi connectivity index (χ3n) is 6.15. The van der Waals surface area contributed by atoms with E-state index in [-0.39, 0.29) is 25.6 Å². The number of halogens is 2. The van der Waals surface area contributed by atoms with E-state index in [9.17, 15) is 19.0 Å².